The van der Waals surface area contributed by atoms with E-state index in [-0.39, 0.29) is 18.6 Å². The molecule has 9 nitrogen and oxygen atoms in total. The van der Waals surface area contributed by atoms with Crippen LogP contribution in [0.1, 0.15) is 25.7 Å². The number of urea groups is 1. The zero-order valence-electron chi connectivity index (χ0n) is 15.0. The number of likely N-dealkylation sites (tertiary alicyclic amines) is 1. The quantitative estimate of drug-likeness (QED) is 0.716. The maximum Gasteiger partial charge on any atom is 0.317 e. The van der Waals surface area contributed by atoms with E-state index in [0.717, 1.165) is 37.4 Å². The highest BCUT2D eigenvalue weighted by Gasteiger charge is 2.30. The molecule has 0 radical (unpaired) electrons. The van der Waals surface area contributed by atoms with Crippen LogP contribution < -0.4 is 15.5 Å². The fraction of sp³-hybridized carbons (Fsp3) is 0.647. The molecular weight excluding hydrogens is 336 g/mol. The van der Waals surface area contributed by atoms with Crippen molar-refractivity contribution < 1.29 is 14.7 Å². The molecule has 3 rings (SSSR count). The molecule has 0 saturated carbocycles. The van der Waals surface area contributed by atoms with Gasteiger partial charge in [-0.1, -0.05) is 0 Å². The molecule has 2 atom stereocenters. The molecule has 0 spiro atoms. The van der Waals surface area contributed by atoms with Crippen molar-refractivity contribution in [3.05, 3.63) is 12.4 Å². The average Bonchev–Trinajstić information content (AvgIpc) is 3.15. The Balaban J connectivity index is 1.56. The molecule has 1 aromatic heterocycles. The van der Waals surface area contributed by atoms with E-state index in [9.17, 15) is 9.59 Å². The summed E-state index contributed by atoms with van der Waals surface area (Å²) in [6.07, 6.45) is 4.93. The molecular formula is C17H26N6O3. The Labute approximate surface area is 152 Å². The smallest absolute Gasteiger partial charge is 0.317 e. The van der Waals surface area contributed by atoms with Crippen LogP contribution in [0.5, 0.6) is 0 Å². The number of piperidine rings is 1. The van der Waals surface area contributed by atoms with Crippen molar-refractivity contribution in [1.29, 1.82) is 0 Å². The Morgan fingerprint density at radius 1 is 1.27 bits per heavy atom. The topological polar surface area (TPSA) is 111 Å². The van der Waals surface area contributed by atoms with Gasteiger partial charge in [0.2, 0.25) is 0 Å². The number of aliphatic carboxylic acids is 1. The number of carboxylic acids is 1. The van der Waals surface area contributed by atoms with Crippen LogP contribution in [0.3, 0.4) is 0 Å². The van der Waals surface area contributed by atoms with Gasteiger partial charge in [-0.15, -0.1) is 0 Å². The van der Waals surface area contributed by atoms with Gasteiger partial charge in [0.05, 0.1) is 5.92 Å². The first-order chi connectivity index (χ1) is 12.6. The number of nitrogens with one attached hydrogen (secondary N) is 2. The number of nitrogens with zero attached hydrogens (tertiary/aromatic N) is 4. The fourth-order valence-corrected chi connectivity index (χ4v) is 3.67. The normalized spacial score (nSPS) is 23.0. The zero-order valence-corrected chi connectivity index (χ0v) is 15.0. The summed E-state index contributed by atoms with van der Waals surface area (Å²) < 4.78 is 0. The third kappa shape index (κ3) is 4.14. The summed E-state index contributed by atoms with van der Waals surface area (Å²) in [6, 6.07) is 1.91. The molecule has 3 N–H and O–H groups in total. The second-order valence-electron chi connectivity index (χ2n) is 6.81. The minimum atomic E-state index is -0.825. The summed E-state index contributed by atoms with van der Waals surface area (Å²) in [5.41, 5.74) is 0. The molecule has 26 heavy (non-hydrogen) atoms. The number of carboxylic acid groups (broad SMARTS) is 1. The second kappa shape index (κ2) is 8.20. The highest BCUT2D eigenvalue weighted by molar-refractivity contribution is 5.76. The molecule has 0 bridgehead atoms. The molecule has 1 aromatic rings. The van der Waals surface area contributed by atoms with Crippen molar-refractivity contribution in [2.45, 2.75) is 31.7 Å². The highest BCUT2D eigenvalue weighted by Crippen LogP contribution is 2.24. The van der Waals surface area contributed by atoms with Crippen LogP contribution in [-0.4, -0.2) is 71.2 Å². The summed E-state index contributed by atoms with van der Waals surface area (Å²) in [5, 5.41) is 15.1. The molecule has 2 aliphatic heterocycles. The van der Waals surface area contributed by atoms with Gasteiger partial charge in [0.25, 0.3) is 0 Å². The Morgan fingerprint density at radius 2 is 2.08 bits per heavy atom. The van der Waals surface area contributed by atoms with E-state index in [4.69, 9.17) is 5.11 Å². The molecule has 142 valence electrons. The van der Waals surface area contributed by atoms with Gasteiger partial charge in [0.1, 0.15) is 18.0 Å². The van der Waals surface area contributed by atoms with Crippen LogP contribution in [0.2, 0.25) is 0 Å². The Morgan fingerprint density at radius 3 is 2.85 bits per heavy atom. The standard InChI is InChI=1S/C17H26N6O3/c1-18-14-8-15(21-11-20-14)23-7-3-5-13(23)9-19-17(26)22-6-2-4-12(10-22)16(24)25/h8,11-13H,2-7,9-10H2,1H3,(H,19,26)(H,24,25)(H,18,20,21). The first-order valence-electron chi connectivity index (χ1n) is 9.10. The van der Waals surface area contributed by atoms with Crippen molar-refractivity contribution >= 4 is 23.6 Å². The summed E-state index contributed by atoms with van der Waals surface area (Å²) in [6.45, 7) is 2.31. The first-order valence-corrected chi connectivity index (χ1v) is 9.10. The van der Waals surface area contributed by atoms with E-state index < -0.39 is 11.9 Å². The molecule has 0 aromatic carbocycles. The van der Waals surface area contributed by atoms with E-state index in [1.54, 1.807) is 4.90 Å². The maximum absolute atomic E-state index is 12.4. The molecule has 9 heteroatoms. The summed E-state index contributed by atoms with van der Waals surface area (Å²) in [4.78, 5) is 35.9. The Hall–Kier alpha value is -2.58. The lowest BCUT2D eigenvalue weighted by Gasteiger charge is -2.32. The molecule has 2 aliphatic rings. The summed E-state index contributed by atoms with van der Waals surface area (Å²) in [5.74, 6) is 0.328. The molecule has 3 heterocycles. The maximum atomic E-state index is 12.4. The number of carbonyl (C=O) groups is 2. The van der Waals surface area contributed by atoms with E-state index >= 15 is 0 Å². The van der Waals surface area contributed by atoms with Gasteiger partial charge >= 0.3 is 12.0 Å². The lowest BCUT2D eigenvalue weighted by molar-refractivity contribution is -0.143. The monoisotopic (exact) mass is 362 g/mol. The SMILES string of the molecule is CNc1cc(N2CCCC2CNC(=O)N2CCCC(C(=O)O)C2)ncn1. The molecule has 2 saturated heterocycles. The van der Waals surface area contributed by atoms with Gasteiger partial charge in [-0.25, -0.2) is 14.8 Å². The number of hydrogen-bond acceptors (Lipinski definition) is 6. The minimum absolute atomic E-state index is 0.179. The summed E-state index contributed by atoms with van der Waals surface area (Å²) in [7, 11) is 1.82. The van der Waals surface area contributed by atoms with Crippen molar-refractivity contribution in [1.82, 2.24) is 20.2 Å². The third-order valence-electron chi connectivity index (χ3n) is 5.13. The van der Waals surface area contributed by atoms with Gasteiger partial charge in [0, 0.05) is 45.3 Å². The molecule has 0 aliphatic carbocycles. The first kappa shape index (κ1) is 18.2. The predicted molar refractivity (Wildman–Crippen MR) is 97.3 cm³/mol. The molecule has 2 amide bonds. The van der Waals surface area contributed by atoms with Crippen LogP contribution in [-0.2, 0) is 4.79 Å². The van der Waals surface area contributed by atoms with Crippen molar-refractivity contribution in [3.8, 4) is 0 Å². The Bertz CT molecular complexity index is 655. The lowest BCUT2D eigenvalue weighted by atomic mass is 9.99. The van der Waals surface area contributed by atoms with Crippen molar-refractivity contribution in [3.63, 3.8) is 0 Å². The van der Waals surface area contributed by atoms with Crippen LogP contribution in [0, 0.1) is 5.92 Å². The van der Waals surface area contributed by atoms with E-state index in [0.29, 0.717) is 19.5 Å². The Kier molecular flexibility index (Phi) is 5.75. The van der Waals surface area contributed by atoms with Crippen LogP contribution in [0.15, 0.2) is 12.4 Å². The predicted octanol–water partition coefficient (Wildman–Crippen LogP) is 0.993. The molecule has 2 unspecified atom stereocenters. The third-order valence-corrected chi connectivity index (χ3v) is 5.13. The van der Waals surface area contributed by atoms with Gasteiger partial charge in [0.15, 0.2) is 0 Å². The number of aromatic nitrogens is 2. The minimum Gasteiger partial charge on any atom is -0.481 e. The van der Waals surface area contributed by atoms with Gasteiger partial charge in [-0.2, -0.15) is 0 Å². The number of amides is 2. The zero-order chi connectivity index (χ0) is 18.5. The van der Waals surface area contributed by atoms with Gasteiger partial charge in [-0.05, 0) is 25.7 Å². The van der Waals surface area contributed by atoms with Crippen LogP contribution in [0.25, 0.3) is 0 Å². The van der Waals surface area contributed by atoms with E-state index in [1.165, 1.54) is 6.33 Å². The number of rotatable bonds is 5. The van der Waals surface area contributed by atoms with E-state index in [1.807, 2.05) is 13.1 Å². The van der Waals surface area contributed by atoms with E-state index in [2.05, 4.69) is 25.5 Å². The highest BCUT2D eigenvalue weighted by atomic mass is 16.4. The van der Waals surface area contributed by atoms with Gasteiger partial charge < -0.3 is 25.5 Å². The largest absolute Gasteiger partial charge is 0.481 e. The van der Waals surface area contributed by atoms with Gasteiger partial charge in [-0.3, -0.25) is 4.79 Å². The number of carbonyl (C=O) groups excluding carboxylic acids is 1. The van der Waals surface area contributed by atoms with Crippen LogP contribution >= 0.6 is 0 Å². The second-order valence-corrected chi connectivity index (χ2v) is 6.81. The summed E-state index contributed by atoms with van der Waals surface area (Å²) >= 11 is 0. The van der Waals surface area contributed by atoms with Crippen molar-refractivity contribution in [2.75, 3.05) is 43.4 Å². The fourth-order valence-electron chi connectivity index (χ4n) is 3.67. The average molecular weight is 362 g/mol. The number of hydrogen-bond donors (Lipinski definition) is 3. The number of anilines is 2. The molecule has 2 fully saturated rings. The lowest BCUT2D eigenvalue weighted by Crippen LogP contribution is -2.50. The van der Waals surface area contributed by atoms with Crippen LogP contribution in [0.4, 0.5) is 16.4 Å². The van der Waals surface area contributed by atoms with Crippen molar-refractivity contribution in [2.24, 2.45) is 5.92 Å².